The smallest absolute Gasteiger partial charge is 0.338 e. The molecule has 0 unspecified atom stereocenters. The third-order valence-corrected chi connectivity index (χ3v) is 6.56. The van der Waals surface area contributed by atoms with Gasteiger partial charge in [0.05, 0.1) is 18.7 Å². The minimum atomic E-state index is -0.403. The normalized spacial score (nSPS) is 12.6. The van der Waals surface area contributed by atoms with E-state index < -0.39 is 5.97 Å². The predicted octanol–water partition coefficient (Wildman–Crippen LogP) is 5.15. The second-order valence-electron chi connectivity index (χ2n) is 8.40. The van der Waals surface area contributed by atoms with Crippen LogP contribution in [0.25, 0.3) is 0 Å². The molecule has 0 radical (unpaired) electrons. The molecule has 7 nitrogen and oxygen atoms in total. The Hall–Kier alpha value is -3.65. The Morgan fingerprint density at radius 2 is 1.71 bits per heavy atom. The van der Waals surface area contributed by atoms with Gasteiger partial charge in [0.2, 0.25) is 5.91 Å². The largest absolute Gasteiger partial charge is 0.462 e. The maximum Gasteiger partial charge on any atom is 0.338 e. The van der Waals surface area contributed by atoms with E-state index in [1.165, 1.54) is 0 Å². The molecule has 182 valence electrons. The van der Waals surface area contributed by atoms with Crippen LogP contribution in [0.3, 0.4) is 0 Å². The molecule has 0 aliphatic heterocycles. The predicted molar refractivity (Wildman–Crippen MR) is 136 cm³/mol. The van der Waals surface area contributed by atoms with Crippen molar-refractivity contribution in [2.75, 3.05) is 18.5 Å². The van der Waals surface area contributed by atoms with Crippen molar-refractivity contribution in [3.05, 3.63) is 88.1 Å². The maximum atomic E-state index is 13.4. The molecule has 1 aliphatic carbocycles. The van der Waals surface area contributed by atoms with Gasteiger partial charge < -0.3 is 19.9 Å². The highest BCUT2D eigenvalue weighted by Crippen LogP contribution is 2.28. The molecule has 0 saturated heterocycles. The summed E-state index contributed by atoms with van der Waals surface area (Å²) in [7, 11) is 0. The highest BCUT2D eigenvalue weighted by atomic mass is 32.1. The first kappa shape index (κ1) is 24.5. The van der Waals surface area contributed by atoms with Gasteiger partial charge in [-0.1, -0.05) is 36.4 Å². The number of esters is 1. The molecule has 3 aromatic rings. The Morgan fingerprint density at radius 3 is 2.34 bits per heavy atom. The standard InChI is InChI=1S/C27H29N3O4S/c1-2-34-26(32)21-10-12-22(13-11-21)28-27(33)30(23-14-15-23)19-25(31)29(18-24-9-6-16-35-24)17-20-7-4-3-5-8-20/h3-13,16,23H,2,14-15,17-19H2,1H3,(H,28,33). The molecule has 0 spiro atoms. The third-order valence-electron chi connectivity index (χ3n) is 5.70. The molecule has 1 aromatic heterocycles. The third kappa shape index (κ3) is 6.93. The minimum Gasteiger partial charge on any atom is -0.462 e. The zero-order chi connectivity index (χ0) is 24.6. The number of ether oxygens (including phenoxy) is 1. The van der Waals surface area contributed by atoms with Crippen molar-refractivity contribution in [2.45, 2.75) is 38.9 Å². The summed E-state index contributed by atoms with van der Waals surface area (Å²) in [6.07, 6.45) is 1.76. The number of anilines is 1. The Morgan fingerprint density at radius 1 is 0.971 bits per heavy atom. The molecule has 1 aliphatic rings. The average Bonchev–Trinajstić information content (AvgIpc) is 3.58. The lowest BCUT2D eigenvalue weighted by Crippen LogP contribution is -2.45. The van der Waals surface area contributed by atoms with Crippen LogP contribution in [-0.2, 0) is 22.6 Å². The summed E-state index contributed by atoms with van der Waals surface area (Å²) < 4.78 is 5.00. The minimum absolute atomic E-state index is 0.00954. The van der Waals surface area contributed by atoms with Gasteiger partial charge in [0.25, 0.3) is 0 Å². The Labute approximate surface area is 209 Å². The number of hydrogen-bond donors (Lipinski definition) is 1. The van der Waals surface area contributed by atoms with Gasteiger partial charge in [0.1, 0.15) is 6.54 Å². The molecule has 4 rings (SSSR count). The Kier molecular flexibility index (Phi) is 8.15. The van der Waals surface area contributed by atoms with Crippen LogP contribution in [0, 0.1) is 0 Å². The zero-order valence-electron chi connectivity index (χ0n) is 19.7. The van der Waals surface area contributed by atoms with Crippen LogP contribution in [-0.4, -0.2) is 46.9 Å². The van der Waals surface area contributed by atoms with Crippen LogP contribution in [0.15, 0.2) is 72.1 Å². The van der Waals surface area contributed by atoms with Crippen LogP contribution in [0.2, 0.25) is 0 Å². The van der Waals surface area contributed by atoms with Crippen molar-refractivity contribution in [3.8, 4) is 0 Å². The number of carbonyl (C=O) groups is 3. The number of hydrogen-bond acceptors (Lipinski definition) is 5. The lowest BCUT2D eigenvalue weighted by molar-refractivity contribution is -0.133. The number of rotatable bonds is 10. The molecule has 2 aromatic carbocycles. The number of carbonyl (C=O) groups excluding carboxylic acids is 3. The number of benzene rings is 2. The number of amides is 3. The summed E-state index contributed by atoms with van der Waals surface area (Å²) >= 11 is 1.61. The lowest BCUT2D eigenvalue weighted by Gasteiger charge is -2.28. The molecule has 1 N–H and O–H groups in total. The van der Waals surface area contributed by atoms with E-state index in [4.69, 9.17) is 4.74 Å². The molecule has 35 heavy (non-hydrogen) atoms. The van der Waals surface area contributed by atoms with Crippen molar-refractivity contribution in [2.24, 2.45) is 0 Å². The summed E-state index contributed by atoms with van der Waals surface area (Å²) in [6.45, 7) is 3.04. The number of nitrogens with one attached hydrogen (secondary N) is 1. The number of nitrogens with zero attached hydrogens (tertiary/aromatic N) is 2. The quantitative estimate of drug-likeness (QED) is 0.398. The SMILES string of the molecule is CCOC(=O)c1ccc(NC(=O)N(CC(=O)N(Cc2ccccc2)Cc2cccs2)C2CC2)cc1. The highest BCUT2D eigenvalue weighted by Gasteiger charge is 2.35. The van der Waals surface area contributed by atoms with Gasteiger partial charge >= 0.3 is 12.0 Å². The van der Waals surface area contributed by atoms with Crippen LogP contribution in [0.4, 0.5) is 10.5 Å². The van der Waals surface area contributed by atoms with Gasteiger partial charge in [-0.3, -0.25) is 4.79 Å². The molecule has 1 saturated carbocycles. The van der Waals surface area contributed by atoms with Crippen molar-refractivity contribution in [3.63, 3.8) is 0 Å². The van der Waals surface area contributed by atoms with Crippen LogP contribution >= 0.6 is 11.3 Å². The zero-order valence-corrected chi connectivity index (χ0v) is 20.5. The van der Waals surface area contributed by atoms with E-state index in [0.29, 0.717) is 30.9 Å². The van der Waals surface area contributed by atoms with E-state index in [2.05, 4.69) is 5.32 Å². The monoisotopic (exact) mass is 491 g/mol. The molecule has 1 fully saturated rings. The van der Waals surface area contributed by atoms with Crippen LogP contribution < -0.4 is 5.32 Å². The number of urea groups is 1. The Balaban J connectivity index is 1.43. The molecule has 0 bridgehead atoms. The second kappa shape index (κ2) is 11.7. The van der Waals surface area contributed by atoms with Crippen molar-refractivity contribution >= 4 is 34.9 Å². The van der Waals surface area contributed by atoms with E-state index in [1.54, 1.807) is 52.3 Å². The van der Waals surface area contributed by atoms with E-state index in [1.807, 2.05) is 47.8 Å². The average molecular weight is 492 g/mol. The fraction of sp³-hybridized carbons (Fsp3) is 0.296. The highest BCUT2D eigenvalue weighted by molar-refractivity contribution is 7.09. The lowest BCUT2D eigenvalue weighted by atomic mass is 10.2. The van der Waals surface area contributed by atoms with Crippen molar-refractivity contribution in [1.82, 2.24) is 9.80 Å². The Bertz CT molecular complexity index is 1130. The summed E-state index contributed by atoms with van der Waals surface area (Å²) in [4.78, 5) is 42.9. The number of thiophene rings is 1. The van der Waals surface area contributed by atoms with Gasteiger partial charge in [-0.05, 0) is 61.0 Å². The van der Waals surface area contributed by atoms with E-state index >= 15 is 0 Å². The van der Waals surface area contributed by atoms with E-state index in [9.17, 15) is 14.4 Å². The second-order valence-corrected chi connectivity index (χ2v) is 9.43. The maximum absolute atomic E-state index is 13.4. The fourth-order valence-electron chi connectivity index (χ4n) is 3.72. The van der Waals surface area contributed by atoms with Gasteiger partial charge in [-0.25, -0.2) is 9.59 Å². The summed E-state index contributed by atoms with van der Waals surface area (Å²) in [5.41, 5.74) is 2.02. The fourth-order valence-corrected chi connectivity index (χ4v) is 4.44. The first-order valence-electron chi connectivity index (χ1n) is 11.7. The van der Waals surface area contributed by atoms with Crippen LogP contribution in [0.5, 0.6) is 0 Å². The topological polar surface area (TPSA) is 79.0 Å². The summed E-state index contributed by atoms with van der Waals surface area (Å²) in [6, 6.07) is 20.1. The summed E-state index contributed by atoms with van der Waals surface area (Å²) in [5.74, 6) is -0.498. The van der Waals surface area contributed by atoms with Gasteiger partial charge in [-0.15, -0.1) is 11.3 Å². The molecular formula is C27H29N3O4S. The molecule has 1 heterocycles. The summed E-state index contributed by atoms with van der Waals surface area (Å²) in [5, 5.41) is 4.86. The van der Waals surface area contributed by atoms with Gasteiger partial charge in [0.15, 0.2) is 0 Å². The van der Waals surface area contributed by atoms with Gasteiger partial charge in [-0.2, -0.15) is 0 Å². The molecule has 0 atom stereocenters. The van der Waals surface area contributed by atoms with Crippen LogP contribution in [0.1, 0.15) is 40.6 Å². The van der Waals surface area contributed by atoms with Gasteiger partial charge in [0, 0.05) is 23.2 Å². The first-order chi connectivity index (χ1) is 17.0. The van der Waals surface area contributed by atoms with Crippen molar-refractivity contribution < 1.29 is 19.1 Å². The van der Waals surface area contributed by atoms with Crippen molar-refractivity contribution in [1.29, 1.82) is 0 Å². The first-order valence-corrected chi connectivity index (χ1v) is 12.6. The van der Waals surface area contributed by atoms with E-state index in [0.717, 1.165) is 23.3 Å². The molecule has 8 heteroatoms. The van der Waals surface area contributed by atoms with E-state index in [-0.39, 0.29) is 24.5 Å². The molecule has 3 amide bonds. The molecular weight excluding hydrogens is 462 g/mol.